The maximum Gasteiger partial charge on any atom is 0.310 e. The Morgan fingerprint density at radius 2 is 2.19 bits per heavy atom. The number of carbonyl (C=O) groups excluding carboxylic acids is 1. The molecule has 9 heteroatoms. The molecule has 3 heterocycles. The highest BCUT2D eigenvalue weighted by atomic mass is 127. The fourth-order valence-electron chi connectivity index (χ4n) is 3.28. The van der Waals surface area contributed by atoms with Gasteiger partial charge < -0.3 is 15.0 Å². The molecule has 0 radical (unpaired) electrons. The van der Waals surface area contributed by atoms with Gasteiger partial charge in [0.15, 0.2) is 11.6 Å². The molecule has 1 fully saturated rings. The highest BCUT2D eigenvalue weighted by Gasteiger charge is 2.36. The van der Waals surface area contributed by atoms with E-state index in [1.54, 1.807) is 7.05 Å². The molecule has 3 rings (SSSR count). The number of nitrogens with one attached hydrogen (secondary N) is 1. The summed E-state index contributed by atoms with van der Waals surface area (Å²) in [5.74, 6) is 1.68. The van der Waals surface area contributed by atoms with E-state index in [0.29, 0.717) is 13.1 Å². The molecule has 2 aromatic rings. The number of hydrogen-bond acceptors (Lipinski definition) is 5. The van der Waals surface area contributed by atoms with Crippen molar-refractivity contribution in [2.24, 2.45) is 16.8 Å². The van der Waals surface area contributed by atoms with Crippen molar-refractivity contribution in [3.05, 3.63) is 30.2 Å². The maximum absolute atomic E-state index is 11.8. The average Bonchev–Trinajstić information content (AvgIpc) is 3.22. The number of rotatable bonds is 4. The molecule has 1 aliphatic heterocycles. The van der Waals surface area contributed by atoms with Crippen molar-refractivity contribution in [1.82, 2.24) is 24.8 Å². The molecule has 8 nitrogen and oxygen atoms in total. The molecular formula is C17H25IN6O2. The summed E-state index contributed by atoms with van der Waals surface area (Å²) in [6.45, 7) is 4.17. The van der Waals surface area contributed by atoms with E-state index in [0.717, 1.165) is 30.4 Å². The summed E-state index contributed by atoms with van der Waals surface area (Å²) < 4.78 is 6.88. The van der Waals surface area contributed by atoms with Crippen molar-refractivity contribution in [2.45, 2.75) is 13.3 Å². The van der Waals surface area contributed by atoms with Gasteiger partial charge in [0.2, 0.25) is 0 Å². The van der Waals surface area contributed by atoms with Gasteiger partial charge in [0.25, 0.3) is 0 Å². The number of pyridine rings is 1. The van der Waals surface area contributed by atoms with Gasteiger partial charge in [-0.2, -0.15) is 0 Å². The molecule has 2 aromatic heterocycles. The van der Waals surface area contributed by atoms with Crippen LogP contribution in [0.1, 0.15) is 12.7 Å². The zero-order valence-electron chi connectivity index (χ0n) is 15.3. The second kappa shape index (κ2) is 9.15. The van der Waals surface area contributed by atoms with Crippen LogP contribution >= 0.6 is 24.0 Å². The Morgan fingerprint density at radius 1 is 1.38 bits per heavy atom. The standard InChI is InChI=1S/C17H24N6O2.HI/c1-12-10-22(11-13(12)16(24)25-3)17(18-2)19-8-7-15-21-20-14-6-4-5-9-23(14)15;/h4-6,9,12-13H,7-8,10-11H2,1-3H3,(H,18,19);1H. The number of halogens is 1. The van der Waals surface area contributed by atoms with Crippen LogP contribution in [0.5, 0.6) is 0 Å². The summed E-state index contributed by atoms with van der Waals surface area (Å²) in [6, 6.07) is 5.84. The third-order valence-electron chi connectivity index (χ3n) is 4.64. The molecular weight excluding hydrogens is 447 g/mol. The lowest BCUT2D eigenvalue weighted by Gasteiger charge is -2.21. The molecule has 142 valence electrons. The van der Waals surface area contributed by atoms with Crippen LogP contribution in [0.15, 0.2) is 29.4 Å². The highest BCUT2D eigenvalue weighted by molar-refractivity contribution is 14.0. The zero-order valence-corrected chi connectivity index (χ0v) is 17.6. The molecule has 2 atom stereocenters. The fourth-order valence-corrected chi connectivity index (χ4v) is 3.28. The number of esters is 1. The minimum atomic E-state index is -0.152. The molecule has 1 N–H and O–H groups in total. The van der Waals surface area contributed by atoms with Gasteiger partial charge in [-0.1, -0.05) is 13.0 Å². The lowest BCUT2D eigenvalue weighted by molar-refractivity contribution is -0.145. The molecule has 26 heavy (non-hydrogen) atoms. The number of nitrogens with zero attached hydrogens (tertiary/aromatic N) is 5. The quantitative estimate of drug-likeness (QED) is 0.312. The Kier molecular flexibility index (Phi) is 7.18. The van der Waals surface area contributed by atoms with Gasteiger partial charge in [-0.3, -0.25) is 14.2 Å². The van der Waals surface area contributed by atoms with Crippen LogP contribution < -0.4 is 5.32 Å². The lowest BCUT2D eigenvalue weighted by atomic mass is 9.99. The van der Waals surface area contributed by atoms with Crippen molar-refractivity contribution >= 4 is 41.6 Å². The first-order valence-electron chi connectivity index (χ1n) is 8.46. The number of hydrogen-bond donors (Lipinski definition) is 1. The van der Waals surface area contributed by atoms with Crippen LogP contribution in [0.4, 0.5) is 0 Å². The molecule has 0 aromatic carbocycles. The van der Waals surface area contributed by atoms with Crippen LogP contribution in [0.3, 0.4) is 0 Å². The number of guanidine groups is 1. The van der Waals surface area contributed by atoms with Gasteiger partial charge in [-0.25, -0.2) is 0 Å². The Bertz CT molecular complexity index is 777. The van der Waals surface area contributed by atoms with Gasteiger partial charge >= 0.3 is 5.97 Å². The number of methoxy groups -OCH3 is 1. The molecule has 1 saturated heterocycles. The van der Waals surface area contributed by atoms with Crippen molar-refractivity contribution in [3.8, 4) is 0 Å². The summed E-state index contributed by atoms with van der Waals surface area (Å²) in [7, 11) is 3.19. The molecule has 2 unspecified atom stereocenters. The van der Waals surface area contributed by atoms with E-state index in [-0.39, 0.29) is 41.8 Å². The van der Waals surface area contributed by atoms with Gasteiger partial charge in [0.1, 0.15) is 5.82 Å². The third kappa shape index (κ3) is 4.25. The van der Waals surface area contributed by atoms with Gasteiger partial charge in [-0.05, 0) is 18.1 Å². The Hall–Kier alpha value is -1.91. The highest BCUT2D eigenvalue weighted by Crippen LogP contribution is 2.24. The first-order chi connectivity index (χ1) is 12.1. The average molecular weight is 472 g/mol. The van der Waals surface area contributed by atoms with E-state index in [9.17, 15) is 4.79 Å². The number of aromatic nitrogens is 3. The second-order valence-corrected chi connectivity index (χ2v) is 6.28. The first-order valence-corrected chi connectivity index (χ1v) is 8.46. The minimum absolute atomic E-state index is 0. The number of likely N-dealkylation sites (tertiary alicyclic amines) is 1. The Labute approximate surface area is 170 Å². The smallest absolute Gasteiger partial charge is 0.310 e. The molecule has 0 saturated carbocycles. The van der Waals surface area contributed by atoms with E-state index >= 15 is 0 Å². The Balaban J connectivity index is 0.00000243. The number of ether oxygens (including phenoxy) is 1. The lowest BCUT2D eigenvalue weighted by Crippen LogP contribution is -2.41. The van der Waals surface area contributed by atoms with Gasteiger partial charge in [0.05, 0.1) is 13.0 Å². The monoisotopic (exact) mass is 472 g/mol. The maximum atomic E-state index is 11.8. The van der Waals surface area contributed by atoms with E-state index < -0.39 is 0 Å². The largest absolute Gasteiger partial charge is 0.469 e. The molecule has 1 aliphatic rings. The fraction of sp³-hybridized carbons (Fsp3) is 0.529. The SMILES string of the molecule is CN=C(NCCc1nnc2ccccn12)N1CC(C)C(C(=O)OC)C1.I. The summed E-state index contributed by atoms with van der Waals surface area (Å²) in [4.78, 5) is 18.3. The molecule has 0 amide bonds. The van der Waals surface area contributed by atoms with Crippen LogP contribution in [-0.2, 0) is 16.0 Å². The summed E-state index contributed by atoms with van der Waals surface area (Å²) in [5.41, 5.74) is 0.844. The topological polar surface area (TPSA) is 84.1 Å². The van der Waals surface area contributed by atoms with Crippen LogP contribution in [0, 0.1) is 11.8 Å². The summed E-state index contributed by atoms with van der Waals surface area (Å²) >= 11 is 0. The first kappa shape index (κ1) is 20.4. The van der Waals surface area contributed by atoms with Gasteiger partial charge in [-0.15, -0.1) is 34.2 Å². The van der Waals surface area contributed by atoms with E-state index in [2.05, 4.69) is 32.3 Å². The van der Waals surface area contributed by atoms with E-state index in [1.807, 2.05) is 28.8 Å². The number of carbonyl (C=O) groups is 1. The molecule has 0 bridgehead atoms. The second-order valence-electron chi connectivity index (χ2n) is 6.28. The summed E-state index contributed by atoms with van der Waals surface area (Å²) in [6.07, 6.45) is 2.69. The number of aliphatic imine (C=N–C) groups is 1. The number of fused-ring (bicyclic) bond motifs is 1. The Morgan fingerprint density at radius 3 is 2.92 bits per heavy atom. The van der Waals surface area contributed by atoms with Gasteiger partial charge in [0, 0.05) is 39.3 Å². The van der Waals surface area contributed by atoms with E-state index in [4.69, 9.17) is 4.74 Å². The van der Waals surface area contributed by atoms with Crippen LogP contribution in [0.25, 0.3) is 5.65 Å². The van der Waals surface area contributed by atoms with Crippen LogP contribution in [-0.4, -0.2) is 65.2 Å². The van der Waals surface area contributed by atoms with Crippen molar-refractivity contribution in [1.29, 1.82) is 0 Å². The normalized spacial score (nSPS) is 20.1. The minimum Gasteiger partial charge on any atom is -0.469 e. The zero-order chi connectivity index (χ0) is 17.8. The molecule has 0 spiro atoms. The van der Waals surface area contributed by atoms with Crippen molar-refractivity contribution in [3.63, 3.8) is 0 Å². The van der Waals surface area contributed by atoms with Crippen molar-refractivity contribution in [2.75, 3.05) is 33.8 Å². The molecule has 0 aliphatic carbocycles. The van der Waals surface area contributed by atoms with E-state index in [1.165, 1.54) is 7.11 Å². The summed E-state index contributed by atoms with van der Waals surface area (Å²) in [5, 5.41) is 11.7. The third-order valence-corrected chi connectivity index (χ3v) is 4.64. The predicted octanol–water partition coefficient (Wildman–Crippen LogP) is 1.21. The van der Waals surface area contributed by atoms with Crippen molar-refractivity contribution < 1.29 is 9.53 Å². The van der Waals surface area contributed by atoms with Crippen LogP contribution in [0.2, 0.25) is 0 Å². The predicted molar refractivity (Wildman–Crippen MR) is 110 cm³/mol.